The van der Waals surface area contributed by atoms with Crippen molar-refractivity contribution in [2.75, 3.05) is 76.5 Å². The number of aryl methyl sites for hydroxylation is 3. The monoisotopic (exact) mass is 941 g/mol. The molecule has 0 aliphatic carbocycles. The van der Waals surface area contributed by atoms with E-state index in [2.05, 4.69) is 15.0 Å². The van der Waals surface area contributed by atoms with E-state index in [0.717, 1.165) is 23.4 Å². The van der Waals surface area contributed by atoms with Crippen LogP contribution >= 0.6 is 0 Å². The molecule has 3 aromatic heterocycles. The first-order valence-corrected chi connectivity index (χ1v) is 20.9. The lowest BCUT2D eigenvalue weighted by molar-refractivity contribution is -0.0673. The molecule has 3 aliphatic heterocycles. The smallest absolute Gasteiger partial charge is 0.349 e. The Morgan fingerprint density at radius 1 is 0.538 bits per heavy atom. The highest BCUT2D eigenvalue weighted by atomic mass is 19.1. The Balaban J connectivity index is 0.000000536. The van der Waals surface area contributed by atoms with E-state index in [4.69, 9.17) is 65.8 Å². The predicted octanol–water partition coefficient (Wildman–Crippen LogP) is 3.78. The first kappa shape index (κ1) is 43.7. The van der Waals surface area contributed by atoms with Crippen LogP contribution in [0.2, 0.25) is 0 Å². The van der Waals surface area contributed by atoms with E-state index in [9.17, 15) is 18.8 Å². The van der Waals surface area contributed by atoms with Gasteiger partial charge in [-0.25, -0.2) is 18.8 Å². The highest BCUT2D eigenvalue weighted by Crippen LogP contribution is 2.34. The molecule has 6 heterocycles. The van der Waals surface area contributed by atoms with Crippen LogP contribution in [0.3, 0.4) is 0 Å². The molecular weight excluding hydrogens is 856 g/mol. The third-order valence-corrected chi connectivity index (χ3v) is 9.26. The minimum Gasteiger partial charge on any atom is -0.382 e. The molecule has 6 rings (SSSR count). The van der Waals surface area contributed by atoms with Crippen molar-refractivity contribution in [3.8, 4) is 0 Å². The van der Waals surface area contributed by atoms with Crippen molar-refractivity contribution in [3.63, 3.8) is 0 Å². The van der Waals surface area contributed by atoms with Gasteiger partial charge in [0.1, 0.15) is 48.8 Å². The average Bonchev–Trinajstić information content (AvgIpc) is 4.00. The van der Waals surface area contributed by atoms with Gasteiger partial charge in [0.15, 0.2) is 24.9 Å². The highest BCUT2D eigenvalue weighted by Gasteiger charge is 2.49. The van der Waals surface area contributed by atoms with Crippen molar-refractivity contribution in [2.24, 2.45) is 0 Å². The molecule has 3 aromatic rings. The van der Waals surface area contributed by atoms with Gasteiger partial charge in [0.25, 0.3) is 0 Å². The summed E-state index contributed by atoms with van der Waals surface area (Å²) in [4.78, 5) is 47.4. The van der Waals surface area contributed by atoms with Gasteiger partial charge in [0, 0.05) is 92.4 Å². The number of aromatic nitrogens is 6. The van der Waals surface area contributed by atoms with E-state index >= 15 is 0 Å². The van der Waals surface area contributed by atoms with Crippen LogP contribution in [0.4, 0.5) is 4.39 Å². The fourth-order valence-electron chi connectivity index (χ4n) is 6.49. The number of rotatable bonds is 14. The summed E-state index contributed by atoms with van der Waals surface area (Å²) in [5.41, 5.74) is -0.388. The van der Waals surface area contributed by atoms with Gasteiger partial charge in [-0.15, -0.1) is 0 Å². The van der Waals surface area contributed by atoms with Gasteiger partial charge in [0.05, 0.1) is 33.4 Å². The van der Waals surface area contributed by atoms with Crippen molar-refractivity contribution in [3.05, 3.63) is 85.3 Å². The Bertz CT molecular complexity index is 2330. The molecule has 3 fully saturated rings. The number of methoxy groups -OCH3 is 8. The quantitative estimate of drug-likeness (QED) is 0.226. The zero-order valence-electron chi connectivity index (χ0n) is 49.9. The number of alkyl halides is 1. The summed E-state index contributed by atoms with van der Waals surface area (Å²) in [6.07, 6.45) is -9.55. The standard InChI is InChI=1S/2C13H20N2O5.C12H17FN2O4.3C2H6/c2*1-8-5-6-15(13(16)14-8)12-11(19-4)10(18-3)9(20-12)7-17-2;1-7-4-5-15(12(16)14-7)11-9(13)10(18-3)8(19-11)6-17-2;3*1-2/h2*5-6,9-12H,7H2,1-4H3;4-5,8-11H,6H2,1-3H3;3*1-2H3/t2*9-,10-,11-,12-;8-,9-,10-,11-;;;/m111.../s1/i4D3,7D2;4D3;6D2;;;. The van der Waals surface area contributed by atoms with Crippen LogP contribution in [0.15, 0.2) is 51.2 Å². The van der Waals surface area contributed by atoms with Gasteiger partial charge < -0.3 is 52.1 Å². The second kappa shape index (κ2) is 31.2. The van der Waals surface area contributed by atoms with Crippen molar-refractivity contribution < 1.29 is 70.2 Å². The highest BCUT2D eigenvalue weighted by molar-refractivity contribution is 5.02. The predicted molar refractivity (Wildman–Crippen MR) is 240 cm³/mol. The lowest BCUT2D eigenvalue weighted by Gasteiger charge is -2.22. The minimum absolute atomic E-state index is 0.171. The number of hydrogen-bond acceptors (Lipinski definition) is 17. The molecule has 0 spiro atoms. The van der Waals surface area contributed by atoms with Crippen molar-refractivity contribution in [1.82, 2.24) is 28.7 Å². The van der Waals surface area contributed by atoms with Crippen LogP contribution in [0.25, 0.3) is 0 Å². The molecule has 20 nitrogen and oxygen atoms in total. The van der Waals surface area contributed by atoms with Crippen LogP contribution in [-0.4, -0.2) is 160 Å². The second-order valence-corrected chi connectivity index (χ2v) is 13.0. The van der Waals surface area contributed by atoms with E-state index in [1.54, 1.807) is 26.8 Å². The van der Waals surface area contributed by atoms with Gasteiger partial charge in [0.2, 0.25) is 0 Å². The van der Waals surface area contributed by atoms with E-state index in [1.807, 2.05) is 41.5 Å². The number of nitrogens with zero attached hydrogens (tertiary/aromatic N) is 6. The summed E-state index contributed by atoms with van der Waals surface area (Å²) < 4.78 is 150. The average molecular weight is 941 g/mol. The molecule has 0 unspecified atom stereocenters. The molecule has 0 amide bonds. The molecule has 3 saturated heterocycles. The van der Waals surface area contributed by atoms with E-state index in [-0.39, 0.29) is 6.61 Å². The van der Waals surface area contributed by atoms with Crippen LogP contribution in [0, 0.1) is 20.8 Å². The summed E-state index contributed by atoms with van der Waals surface area (Å²) in [5, 5.41) is 0. The fraction of sp³-hybridized carbons (Fsp3) is 0.727. The maximum atomic E-state index is 14.5. The van der Waals surface area contributed by atoms with Gasteiger partial charge in [-0.2, -0.15) is 15.0 Å². The minimum atomic E-state index is -2.81. The summed E-state index contributed by atoms with van der Waals surface area (Å²) in [5.74, 6) is 0. The zero-order valence-corrected chi connectivity index (χ0v) is 39.9. The molecule has 65 heavy (non-hydrogen) atoms. The Morgan fingerprint density at radius 3 is 1.22 bits per heavy atom. The van der Waals surface area contributed by atoms with E-state index in [0.29, 0.717) is 17.1 Å². The largest absolute Gasteiger partial charge is 0.382 e. The van der Waals surface area contributed by atoms with Crippen molar-refractivity contribution in [2.45, 2.75) is 136 Å². The maximum Gasteiger partial charge on any atom is 0.349 e. The Labute approximate surface area is 396 Å². The summed E-state index contributed by atoms with van der Waals surface area (Å²) in [7, 11) is 2.25. The Hall–Kier alpha value is -3.87. The number of halogens is 1. The first-order chi connectivity index (χ1) is 35.1. The lowest BCUT2D eigenvalue weighted by Crippen LogP contribution is -2.38. The molecule has 0 bridgehead atoms. The van der Waals surface area contributed by atoms with Crippen LogP contribution in [0.1, 0.15) is 91.0 Å². The molecule has 12 atom stereocenters. The van der Waals surface area contributed by atoms with Gasteiger partial charge in [-0.3, -0.25) is 13.7 Å². The van der Waals surface area contributed by atoms with Gasteiger partial charge >= 0.3 is 17.1 Å². The maximum absolute atomic E-state index is 14.5. The molecule has 0 aromatic carbocycles. The van der Waals surface area contributed by atoms with Gasteiger partial charge in [-0.1, -0.05) is 41.5 Å². The second-order valence-electron chi connectivity index (χ2n) is 13.0. The normalized spacial score (nSPS) is 30.7. The van der Waals surface area contributed by atoms with E-state index < -0.39 is 118 Å². The summed E-state index contributed by atoms with van der Waals surface area (Å²) in [6, 6.07) is 4.71. The molecule has 372 valence electrons. The topological polar surface area (TPSA) is 206 Å². The number of ether oxygens (including phenoxy) is 11. The van der Waals surface area contributed by atoms with Crippen LogP contribution in [-0.2, 0) is 52.1 Å². The summed E-state index contributed by atoms with van der Waals surface area (Å²) in [6.45, 7) is 12.6. The Kier molecular flexibility index (Phi) is 20.9. The van der Waals surface area contributed by atoms with Crippen LogP contribution < -0.4 is 17.1 Å². The molecular formula is C44H75FN6O14. The third-order valence-electron chi connectivity index (χ3n) is 9.26. The van der Waals surface area contributed by atoms with Gasteiger partial charge in [-0.05, 0) is 39.0 Å². The molecule has 0 radical (unpaired) electrons. The zero-order chi connectivity index (χ0) is 58.0. The SMILES string of the molecule is CC.CC.CC.[2H]C([2H])(OC)[C@H]1O[C@@H](n2ccc(C)nc2=O)[C@H](F)[C@@H]1OC.[2H]C([2H])([2H])O[C@@H]1[C@H](OC)[C@@H](C([2H])([2H])OC)O[C@H]1n1ccc(C)nc1=O.[2H]C([2H])([2H])O[C@@H]1[C@H](OC)[C@@H](COC)O[C@H]1n1ccc(C)nc1=O. The lowest BCUT2D eigenvalue weighted by atomic mass is 10.1. The molecule has 21 heteroatoms. The first-order valence-electron chi connectivity index (χ1n) is 25.9. The fourth-order valence-corrected chi connectivity index (χ4v) is 6.49. The van der Waals surface area contributed by atoms with E-state index in [1.165, 1.54) is 63.7 Å². The van der Waals surface area contributed by atoms with Crippen LogP contribution in [0.5, 0.6) is 0 Å². The Morgan fingerprint density at radius 2 is 0.877 bits per heavy atom. The third kappa shape index (κ3) is 15.6. The van der Waals surface area contributed by atoms with Crippen molar-refractivity contribution in [1.29, 1.82) is 0 Å². The summed E-state index contributed by atoms with van der Waals surface area (Å²) >= 11 is 0. The molecule has 3 aliphatic rings. The number of hydrogen-bond donors (Lipinski definition) is 0. The molecule has 0 N–H and O–H groups in total. The van der Waals surface area contributed by atoms with Crippen molar-refractivity contribution >= 4 is 0 Å². The molecule has 0 saturated carbocycles.